The fourth-order valence-corrected chi connectivity index (χ4v) is 2.76. The maximum atomic E-state index is 12.3. The van der Waals surface area contributed by atoms with Crippen LogP contribution in [0.15, 0.2) is 18.2 Å². The number of hydrogen-bond donors (Lipinski definition) is 1. The van der Waals surface area contributed by atoms with Crippen molar-refractivity contribution >= 4 is 12.0 Å². The summed E-state index contributed by atoms with van der Waals surface area (Å²) in [6.45, 7) is 7.95. The van der Waals surface area contributed by atoms with Crippen LogP contribution < -0.4 is 10.1 Å². The zero-order valence-corrected chi connectivity index (χ0v) is 14.9. The van der Waals surface area contributed by atoms with Crippen molar-refractivity contribution in [2.24, 2.45) is 0 Å². The number of carbonyl (C=O) groups is 1. The number of anilines is 1. The summed E-state index contributed by atoms with van der Waals surface area (Å²) in [5.41, 5.74) is 2.22. The molecule has 0 aliphatic carbocycles. The number of rotatable bonds is 6. The molecule has 25 heavy (non-hydrogen) atoms. The van der Waals surface area contributed by atoms with Crippen molar-refractivity contribution in [3.8, 4) is 5.75 Å². The second-order valence-electron chi connectivity index (χ2n) is 6.38. The van der Waals surface area contributed by atoms with Gasteiger partial charge in [0.2, 0.25) is 0 Å². The van der Waals surface area contributed by atoms with Gasteiger partial charge >= 0.3 is 6.03 Å². The number of nitrogens with one attached hydrogen (secondary N) is 1. The van der Waals surface area contributed by atoms with Gasteiger partial charge in [0.1, 0.15) is 11.9 Å². The van der Waals surface area contributed by atoms with Crippen LogP contribution >= 0.6 is 0 Å². The lowest BCUT2D eigenvalue weighted by molar-refractivity contribution is 0.0482. The highest BCUT2D eigenvalue weighted by Gasteiger charge is 2.33. The summed E-state index contributed by atoms with van der Waals surface area (Å²) >= 11 is 0. The lowest BCUT2D eigenvalue weighted by Crippen LogP contribution is -2.57. The molecular weight excluding hydrogens is 320 g/mol. The number of amides is 2. The molecule has 0 atom stereocenters. The number of unbranched alkanes of at least 4 members (excludes halogenated alkanes) is 1. The molecule has 1 aliphatic rings. The summed E-state index contributed by atoms with van der Waals surface area (Å²) in [5.74, 6) is 1.30. The number of benzene rings is 1. The average Bonchev–Trinajstić information content (AvgIpc) is 2.97. The molecule has 1 saturated heterocycles. The molecule has 0 bridgehead atoms. The number of aromatic nitrogens is 4. The van der Waals surface area contributed by atoms with Gasteiger partial charge in [-0.15, -0.1) is 0 Å². The van der Waals surface area contributed by atoms with Crippen LogP contribution in [0.25, 0.3) is 0 Å². The Labute approximate surface area is 147 Å². The van der Waals surface area contributed by atoms with Gasteiger partial charge in [0.05, 0.1) is 13.1 Å². The number of para-hydroxylation sites is 1. The molecule has 8 heteroatoms. The van der Waals surface area contributed by atoms with Crippen LogP contribution in [0.5, 0.6) is 5.75 Å². The van der Waals surface area contributed by atoms with E-state index < -0.39 is 0 Å². The molecule has 1 aromatic carbocycles. The quantitative estimate of drug-likeness (QED) is 0.869. The summed E-state index contributed by atoms with van der Waals surface area (Å²) in [6, 6.07) is 5.87. The van der Waals surface area contributed by atoms with Gasteiger partial charge in [-0.1, -0.05) is 36.6 Å². The van der Waals surface area contributed by atoms with Crippen molar-refractivity contribution in [1.29, 1.82) is 0 Å². The minimum Gasteiger partial charge on any atom is -0.486 e. The van der Waals surface area contributed by atoms with Crippen LogP contribution in [0.2, 0.25) is 0 Å². The van der Waals surface area contributed by atoms with Crippen LogP contribution in [0.1, 0.15) is 30.9 Å². The van der Waals surface area contributed by atoms with Gasteiger partial charge in [-0.05, 0) is 41.8 Å². The van der Waals surface area contributed by atoms with Gasteiger partial charge < -0.3 is 9.64 Å². The first-order chi connectivity index (χ1) is 12.1. The van der Waals surface area contributed by atoms with Crippen LogP contribution in [-0.4, -0.2) is 50.3 Å². The highest BCUT2D eigenvalue weighted by atomic mass is 16.5. The third-order valence-electron chi connectivity index (χ3n) is 4.30. The normalized spacial score (nSPS) is 14.3. The minimum atomic E-state index is -0.200. The lowest BCUT2D eigenvalue weighted by Gasteiger charge is -2.39. The number of urea groups is 1. The molecule has 2 heterocycles. The zero-order valence-electron chi connectivity index (χ0n) is 14.9. The van der Waals surface area contributed by atoms with E-state index in [1.807, 2.05) is 32.0 Å². The smallest absolute Gasteiger partial charge is 0.324 e. The number of hydrogen-bond acceptors (Lipinski definition) is 5. The summed E-state index contributed by atoms with van der Waals surface area (Å²) in [5, 5.41) is 14.2. The van der Waals surface area contributed by atoms with Gasteiger partial charge in [-0.25, -0.2) is 9.48 Å². The Bertz CT molecular complexity index is 718. The van der Waals surface area contributed by atoms with Gasteiger partial charge in [0.25, 0.3) is 5.95 Å². The molecule has 1 aliphatic heterocycles. The first-order valence-electron chi connectivity index (χ1n) is 8.63. The van der Waals surface area contributed by atoms with Crippen molar-refractivity contribution in [3.63, 3.8) is 0 Å². The Morgan fingerprint density at radius 3 is 2.72 bits per heavy atom. The van der Waals surface area contributed by atoms with Crippen molar-refractivity contribution in [2.45, 2.75) is 46.3 Å². The molecule has 8 nitrogen and oxygen atoms in total. The van der Waals surface area contributed by atoms with E-state index in [4.69, 9.17) is 4.74 Å². The fourth-order valence-electron chi connectivity index (χ4n) is 2.76. The van der Waals surface area contributed by atoms with Gasteiger partial charge in [-0.3, -0.25) is 5.32 Å². The Morgan fingerprint density at radius 2 is 2.04 bits per heavy atom. The summed E-state index contributed by atoms with van der Waals surface area (Å²) in [6.07, 6.45) is 2.02. The fraction of sp³-hybridized carbons (Fsp3) is 0.529. The van der Waals surface area contributed by atoms with E-state index in [-0.39, 0.29) is 12.1 Å². The van der Waals surface area contributed by atoms with E-state index in [1.54, 1.807) is 9.58 Å². The van der Waals surface area contributed by atoms with Crippen molar-refractivity contribution in [2.75, 3.05) is 18.4 Å². The molecule has 1 fully saturated rings. The minimum absolute atomic E-state index is 0.0154. The second kappa shape index (κ2) is 7.50. The number of ether oxygens (including phenoxy) is 1. The molecular formula is C17H24N6O2. The van der Waals surface area contributed by atoms with E-state index in [0.29, 0.717) is 25.6 Å². The molecule has 2 aromatic rings. The monoisotopic (exact) mass is 344 g/mol. The third kappa shape index (κ3) is 3.89. The number of nitrogens with zero attached hydrogens (tertiary/aromatic N) is 5. The summed E-state index contributed by atoms with van der Waals surface area (Å²) in [7, 11) is 0. The Morgan fingerprint density at radius 1 is 1.32 bits per heavy atom. The molecule has 3 rings (SSSR count). The standard InChI is InChI=1S/C17H24N6O2/c1-4-5-9-23-16(19-20-21-23)18-17(24)22-10-14(11-22)25-15-12(2)7-6-8-13(15)3/h6-8,14H,4-5,9-11H2,1-3H3,(H,18,19,21,24). The third-order valence-corrected chi connectivity index (χ3v) is 4.30. The van der Waals surface area contributed by atoms with Gasteiger partial charge in [-0.2, -0.15) is 0 Å². The molecule has 1 N–H and O–H groups in total. The molecule has 0 unspecified atom stereocenters. The van der Waals surface area contributed by atoms with E-state index in [9.17, 15) is 4.79 Å². The second-order valence-corrected chi connectivity index (χ2v) is 6.38. The Hall–Kier alpha value is -2.64. The summed E-state index contributed by atoms with van der Waals surface area (Å²) < 4.78 is 7.65. The van der Waals surface area contributed by atoms with E-state index in [0.717, 1.165) is 29.7 Å². The topological polar surface area (TPSA) is 85.2 Å². The number of aryl methyl sites for hydroxylation is 3. The van der Waals surface area contributed by atoms with Crippen LogP contribution in [0.4, 0.5) is 10.7 Å². The maximum absolute atomic E-state index is 12.3. The van der Waals surface area contributed by atoms with Crippen LogP contribution in [0.3, 0.4) is 0 Å². The summed E-state index contributed by atoms with van der Waals surface area (Å²) in [4.78, 5) is 14.0. The first kappa shape index (κ1) is 17.2. The van der Waals surface area contributed by atoms with Crippen molar-refractivity contribution in [1.82, 2.24) is 25.1 Å². The number of tetrazole rings is 1. The van der Waals surface area contributed by atoms with Gasteiger partial charge in [0, 0.05) is 6.54 Å². The molecule has 1 aromatic heterocycles. The zero-order chi connectivity index (χ0) is 17.8. The van der Waals surface area contributed by atoms with E-state index >= 15 is 0 Å². The predicted octanol–water partition coefficient (Wildman–Crippen LogP) is 2.39. The van der Waals surface area contributed by atoms with Crippen molar-refractivity contribution in [3.05, 3.63) is 29.3 Å². The Balaban J connectivity index is 1.51. The Kier molecular flexibility index (Phi) is 5.16. The first-order valence-corrected chi connectivity index (χ1v) is 8.63. The highest BCUT2D eigenvalue weighted by Crippen LogP contribution is 2.26. The number of likely N-dealkylation sites (tertiary alicyclic amines) is 1. The molecule has 0 radical (unpaired) electrons. The molecule has 134 valence electrons. The number of carbonyl (C=O) groups excluding carboxylic acids is 1. The SMILES string of the molecule is CCCCn1nnnc1NC(=O)N1CC(Oc2c(C)cccc2C)C1. The van der Waals surface area contributed by atoms with Gasteiger partial charge in [0.15, 0.2) is 0 Å². The maximum Gasteiger partial charge on any atom is 0.324 e. The van der Waals surface area contributed by atoms with Crippen LogP contribution in [-0.2, 0) is 6.54 Å². The highest BCUT2D eigenvalue weighted by molar-refractivity contribution is 5.88. The van der Waals surface area contributed by atoms with E-state index in [2.05, 4.69) is 27.8 Å². The largest absolute Gasteiger partial charge is 0.486 e. The molecule has 0 spiro atoms. The molecule has 0 saturated carbocycles. The lowest BCUT2D eigenvalue weighted by atomic mass is 10.1. The predicted molar refractivity (Wildman–Crippen MR) is 93.6 cm³/mol. The molecule has 2 amide bonds. The van der Waals surface area contributed by atoms with Crippen LogP contribution in [0, 0.1) is 13.8 Å². The average molecular weight is 344 g/mol. The van der Waals surface area contributed by atoms with Crippen molar-refractivity contribution < 1.29 is 9.53 Å². The van der Waals surface area contributed by atoms with E-state index in [1.165, 1.54) is 0 Å².